The Bertz CT molecular complexity index is 345. The lowest BCUT2D eigenvalue weighted by Crippen LogP contribution is -2.06. The third-order valence-corrected chi connectivity index (χ3v) is 1.45. The SMILES string of the molecule is C=C(C)OC(=O)c1ccccc1N. The minimum absolute atomic E-state index is 0.355. The van der Waals surface area contributed by atoms with Crippen LogP contribution in [0.4, 0.5) is 5.69 Å². The number of benzene rings is 1. The molecule has 0 aliphatic heterocycles. The number of hydrogen-bond acceptors (Lipinski definition) is 3. The van der Waals surface area contributed by atoms with E-state index in [4.69, 9.17) is 10.5 Å². The van der Waals surface area contributed by atoms with Crippen molar-refractivity contribution in [2.45, 2.75) is 6.92 Å². The van der Waals surface area contributed by atoms with Crippen LogP contribution in [0.5, 0.6) is 0 Å². The molecule has 2 N–H and O–H groups in total. The maximum absolute atomic E-state index is 11.3. The van der Waals surface area contributed by atoms with E-state index in [1.54, 1.807) is 31.2 Å². The lowest BCUT2D eigenvalue weighted by molar-refractivity contribution is 0.0629. The van der Waals surface area contributed by atoms with Gasteiger partial charge in [0.15, 0.2) is 0 Å². The number of rotatable bonds is 2. The van der Waals surface area contributed by atoms with E-state index in [9.17, 15) is 4.79 Å². The van der Waals surface area contributed by atoms with Gasteiger partial charge >= 0.3 is 5.97 Å². The standard InChI is InChI=1S/C10H11NO2/c1-7(2)13-10(12)8-5-3-4-6-9(8)11/h3-6H,1,11H2,2H3. The maximum Gasteiger partial charge on any atom is 0.345 e. The van der Waals surface area contributed by atoms with Crippen molar-refractivity contribution in [3.8, 4) is 0 Å². The van der Waals surface area contributed by atoms with Crippen LogP contribution in [0, 0.1) is 0 Å². The molecular weight excluding hydrogens is 166 g/mol. The van der Waals surface area contributed by atoms with Gasteiger partial charge in [-0.25, -0.2) is 4.79 Å². The Morgan fingerprint density at radius 2 is 2.08 bits per heavy atom. The van der Waals surface area contributed by atoms with Gasteiger partial charge in [-0.15, -0.1) is 0 Å². The fourth-order valence-electron chi connectivity index (χ4n) is 0.896. The zero-order valence-corrected chi connectivity index (χ0v) is 7.41. The molecule has 68 valence electrons. The number of hydrogen-bond donors (Lipinski definition) is 1. The fourth-order valence-corrected chi connectivity index (χ4v) is 0.896. The molecule has 0 aliphatic carbocycles. The predicted molar refractivity (Wildman–Crippen MR) is 51.1 cm³/mol. The molecule has 3 nitrogen and oxygen atoms in total. The molecule has 0 spiro atoms. The van der Waals surface area contributed by atoms with Crippen LogP contribution in [-0.4, -0.2) is 5.97 Å². The van der Waals surface area contributed by atoms with E-state index in [-0.39, 0.29) is 0 Å². The van der Waals surface area contributed by atoms with Crippen LogP contribution in [0.3, 0.4) is 0 Å². The average Bonchev–Trinajstić information content (AvgIpc) is 2.03. The molecule has 1 aromatic rings. The molecule has 1 rings (SSSR count). The average molecular weight is 177 g/mol. The van der Waals surface area contributed by atoms with Crippen LogP contribution in [0.1, 0.15) is 17.3 Å². The molecule has 0 atom stereocenters. The third kappa shape index (κ3) is 2.33. The second-order valence-corrected chi connectivity index (χ2v) is 2.68. The van der Waals surface area contributed by atoms with E-state index >= 15 is 0 Å². The summed E-state index contributed by atoms with van der Waals surface area (Å²) in [6, 6.07) is 6.74. The smallest absolute Gasteiger partial charge is 0.345 e. The highest BCUT2D eigenvalue weighted by atomic mass is 16.5. The van der Waals surface area contributed by atoms with Crippen molar-refractivity contribution in [3.63, 3.8) is 0 Å². The number of allylic oxidation sites excluding steroid dienone is 1. The molecule has 0 fully saturated rings. The molecule has 0 heterocycles. The highest BCUT2D eigenvalue weighted by Gasteiger charge is 2.09. The second-order valence-electron chi connectivity index (χ2n) is 2.68. The van der Waals surface area contributed by atoms with Crippen LogP contribution in [0.15, 0.2) is 36.6 Å². The highest BCUT2D eigenvalue weighted by Crippen LogP contribution is 2.12. The highest BCUT2D eigenvalue weighted by molar-refractivity contribution is 5.95. The number of nitrogen functional groups attached to an aromatic ring is 1. The summed E-state index contributed by atoms with van der Waals surface area (Å²) in [5.41, 5.74) is 6.34. The van der Waals surface area contributed by atoms with Gasteiger partial charge in [0.2, 0.25) is 0 Å². The van der Waals surface area contributed by atoms with E-state index in [0.29, 0.717) is 17.0 Å². The van der Waals surface area contributed by atoms with Gasteiger partial charge in [-0.05, 0) is 19.1 Å². The van der Waals surface area contributed by atoms with Crippen molar-refractivity contribution in [1.29, 1.82) is 0 Å². The summed E-state index contributed by atoms with van der Waals surface area (Å²) in [5, 5.41) is 0. The molecule has 0 saturated carbocycles. The zero-order chi connectivity index (χ0) is 9.84. The molecule has 0 aliphatic rings. The first-order valence-electron chi connectivity index (χ1n) is 3.83. The number of carbonyl (C=O) groups excluding carboxylic acids is 1. The minimum Gasteiger partial charge on any atom is -0.428 e. The first-order valence-corrected chi connectivity index (χ1v) is 3.83. The quantitative estimate of drug-likeness (QED) is 0.427. The van der Waals surface area contributed by atoms with Gasteiger partial charge in [0.25, 0.3) is 0 Å². The molecule has 3 heteroatoms. The van der Waals surface area contributed by atoms with E-state index < -0.39 is 5.97 Å². The maximum atomic E-state index is 11.3. The van der Waals surface area contributed by atoms with Crippen molar-refractivity contribution >= 4 is 11.7 Å². The van der Waals surface area contributed by atoms with Crippen LogP contribution < -0.4 is 5.73 Å². The second kappa shape index (κ2) is 3.76. The van der Waals surface area contributed by atoms with Gasteiger partial charge < -0.3 is 10.5 Å². The van der Waals surface area contributed by atoms with Crippen molar-refractivity contribution in [1.82, 2.24) is 0 Å². The molecule has 0 amide bonds. The van der Waals surface area contributed by atoms with Gasteiger partial charge in [0.05, 0.1) is 11.3 Å². The summed E-state index contributed by atoms with van der Waals surface area (Å²) in [6.45, 7) is 5.07. The van der Waals surface area contributed by atoms with Crippen molar-refractivity contribution in [3.05, 3.63) is 42.2 Å². The summed E-state index contributed by atoms with van der Waals surface area (Å²) >= 11 is 0. The van der Waals surface area contributed by atoms with Gasteiger partial charge in [-0.2, -0.15) is 0 Å². The molecule has 0 radical (unpaired) electrons. The Hall–Kier alpha value is -1.77. The Morgan fingerprint density at radius 3 is 2.62 bits per heavy atom. The first-order chi connectivity index (χ1) is 6.11. The van der Waals surface area contributed by atoms with Crippen LogP contribution in [-0.2, 0) is 4.74 Å². The molecule has 0 saturated heterocycles. The van der Waals surface area contributed by atoms with E-state index in [0.717, 1.165) is 0 Å². The number of nitrogens with two attached hydrogens (primary N) is 1. The minimum atomic E-state index is -0.467. The Morgan fingerprint density at radius 1 is 1.46 bits per heavy atom. The number of anilines is 1. The molecule has 13 heavy (non-hydrogen) atoms. The van der Waals surface area contributed by atoms with Crippen molar-refractivity contribution < 1.29 is 9.53 Å². The van der Waals surface area contributed by atoms with Gasteiger partial charge in [-0.1, -0.05) is 18.7 Å². The van der Waals surface area contributed by atoms with Crippen LogP contribution in [0.25, 0.3) is 0 Å². The Labute approximate surface area is 76.8 Å². The molecule has 0 aromatic heterocycles. The van der Waals surface area contributed by atoms with Gasteiger partial charge in [-0.3, -0.25) is 0 Å². The fraction of sp³-hybridized carbons (Fsp3) is 0.100. The summed E-state index contributed by atoms with van der Waals surface area (Å²) in [4.78, 5) is 11.3. The van der Waals surface area contributed by atoms with Crippen molar-refractivity contribution in [2.24, 2.45) is 0 Å². The van der Waals surface area contributed by atoms with E-state index in [2.05, 4.69) is 6.58 Å². The predicted octanol–water partition coefficient (Wildman–Crippen LogP) is 1.96. The lowest BCUT2D eigenvalue weighted by Gasteiger charge is -2.04. The topological polar surface area (TPSA) is 52.3 Å². The van der Waals surface area contributed by atoms with Gasteiger partial charge in [0, 0.05) is 5.69 Å². The largest absolute Gasteiger partial charge is 0.428 e. The molecular formula is C10H11NO2. The molecule has 0 bridgehead atoms. The zero-order valence-electron chi connectivity index (χ0n) is 7.41. The third-order valence-electron chi connectivity index (χ3n) is 1.45. The molecule has 1 aromatic carbocycles. The van der Waals surface area contributed by atoms with Crippen LogP contribution >= 0.6 is 0 Å². The van der Waals surface area contributed by atoms with Crippen molar-refractivity contribution in [2.75, 3.05) is 5.73 Å². The van der Waals surface area contributed by atoms with E-state index in [1.807, 2.05) is 0 Å². The monoisotopic (exact) mass is 177 g/mol. The molecule has 0 unspecified atom stereocenters. The Kier molecular flexibility index (Phi) is 2.69. The summed E-state index contributed by atoms with van der Waals surface area (Å²) in [6.07, 6.45) is 0. The summed E-state index contributed by atoms with van der Waals surface area (Å²) in [7, 11) is 0. The normalized spacial score (nSPS) is 9.31. The summed E-state index contributed by atoms with van der Waals surface area (Å²) < 4.78 is 4.80. The number of para-hydroxylation sites is 1. The number of carbonyl (C=O) groups is 1. The lowest BCUT2D eigenvalue weighted by atomic mass is 10.2. The number of ether oxygens (including phenoxy) is 1. The number of esters is 1. The van der Waals surface area contributed by atoms with E-state index in [1.165, 1.54) is 0 Å². The summed E-state index contributed by atoms with van der Waals surface area (Å²) in [5.74, 6) is -0.112. The van der Waals surface area contributed by atoms with Crippen LogP contribution in [0.2, 0.25) is 0 Å². The van der Waals surface area contributed by atoms with Gasteiger partial charge in [0.1, 0.15) is 0 Å². The Balaban J connectivity index is 2.89. The first kappa shape index (κ1) is 9.32.